The number of aliphatic hydroxyl groups excluding tert-OH is 1. The summed E-state index contributed by atoms with van der Waals surface area (Å²) in [5, 5.41) is 8.74. The molecule has 0 aromatic carbocycles. The van der Waals surface area contributed by atoms with E-state index >= 15 is 0 Å². The fourth-order valence-electron chi connectivity index (χ4n) is 2.01. The first-order valence-electron chi connectivity index (χ1n) is 6.82. The second kappa shape index (κ2) is 9.89. The third-order valence-corrected chi connectivity index (χ3v) is 3.19. The van der Waals surface area contributed by atoms with Gasteiger partial charge in [-0.3, -0.25) is 0 Å². The van der Waals surface area contributed by atoms with Crippen molar-refractivity contribution >= 4 is 0 Å². The van der Waals surface area contributed by atoms with Gasteiger partial charge in [-0.25, -0.2) is 0 Å². The number of aliphatic hydroxyl groups is 1. The summed E-state index contributed by atoms with van der Waals surface area (Å²) < 4.78 is 0. The molecule has 0 aliphatic carbocycles. The Morgan fingerprint density at radius 3 is 2.25 bits per heavy atom. The van der Waals surface area contributed by atoms with Crippen LogP contribution >= 0.6 is 0 Å². The van der Waals surface area contributed by atoms with Crippen molar-refractivity contribution in [2.24, 2.45) is 11.8 Å². The second-order valence-corrected chi connectivity index (χ2v) is 5.56. The van der Waals surface area contributed by atoms with Gasteiger partial charge in [0.05, 0.1) is 6.61 Å². The third-order valence-electron chi connectivity index (χ3n) is 3.19. The lowest BCUT2D eigenvalue weighted by Crippen LogP contribution is -1.97. The normalized spacial score (nSPS) is 14.5. The van der Waals surface area contributed by atoms with Crippen molar-refractivity contribution in [1.29, 1.82) is 0 Å². The Morgan fingerprint density at radius 1 is 1.06 bits per heavy atom. The van der Waals surface area contributed by atoms with Crippen molar-refractivity contribution in [3.63, 3.8) is 0 Å². The zero-order valence-corrected chi connectivity index (χ0v) is 11.6. The van der Waals surface area contributed by atoms with Crippen molar-refractivity contribution in [3.05, 3.63) is 11.6 Å². The minimum Gasteiger partial charge on any atom is -0.392 e. The van der Waals surface area contributed by atoms with Gasteiger partial charge in [0.15, 0.2) is 0 Å². The van der Waals surface area contributed by atoms with E-state index in [1.807, 2.05) is 6.08 Å². The highest BCUT2D eigenvalue weighted by atomic mass is 16.2. The molecule has 0 rings (SSSR count). The smallest absolute Gasteiger partial charge is 0.0614 e. The Morgan fingerprint density at radius 2 is 1.69 bits per heavy atom. The SMILES string of the molecule is C/C(=C\CO)CCCC(C)CCCC(C)C. The summed E-state index contributed by atoms with van der Waals surface area (Å²) in [4.78, 5) is 0. The van der Waals surface area contributed by atoms with Crippen molar-refractivity contribution in [2.75, 3.05) is 6.61 Å². The molecule has 0 saturated heterocycles. The molecular weight excluding hydrogens is 196 g/mol. The van der Waals surface area contributed by atoms with Gasteiger partial charge in [0.2, 0.25) is 0 Å². The Labute approximate surface area is 102 Å². The Kier molecular flexibility index (Phi) is 9.71. The topological polar surface area (TPSA) is 20.2 Å². The summed E-state index contributed by atoms with van der Waals surface area (Å²) in [6.45, 7) is 9.27. The van der Waals surface area contributed by atoms with Gasteiger partial charge in [0, 0.05) is 0 Å². The van der Waals surface area contributed by atoms with E-state index in [0.717, 1.165) is 18.3 Å². The lowest BCUT2D eigenvalue weighted by atomic mass is 9.94. The molecule has 96 valence electrons. The predicted molar refractivity (Wildman–Crippen MR) is 72.5 cm³/mol. The van der Waals surface area contributed by atoms with E-state index < -0.39 is 0 Å². The van der Waals surface area contributed by atoms with Gasteiger partial charge < -0.3 is 5.11 Å². The maximum absolute atomic E-state index is 8.74. The zero-order valence-electron chi connectivity index (χ0n) is 11.6. The van der Waals surface area contributed by atoms with Crippen molar-refractivity contribution in [1.82, 2.24) is 0 Å². The summed E-state index contributed by atoms with van der Waals surface area (Å²) in [7, 11) is 0. The molecule has 0 bridgehead atoms. The van der Waals surface area contributed by atoms with Crippen LogP contribution in [0.2, 0.25) is 0 Å². The molecule has 1 heteroatoms. The maximum Gasteiger partial charge on any atom is 0.0614 e. The molecule has 0 aliphatic heterocycles. The molecule has 0 aromatic rings. The van der Waals surface area contributed by atoms with Crippen LogP contribution in [0.4, 0.5) is 0 Å². The fraction of sp³-hybridized carbons (Fsp3) is 0.867. The molecular formula is C15H30O. The highest BCUT2D eigenvalue weighted by Crippen LogP contribution is 2.18. The van der Waals surface area contributed by atoms with Crippen molar-refractivity contribution in [2.45, 2.75) is 66.2 Å². The van der Waals surface area contributed by atoms with Crippen LogP contribution in [0.25, 0.3) is 0 Å². The van der Waals surface area contributed by atoms with E-state index in [1.165, 1.54) is 37.7 Å². The van der Waals surface area contributed by atoms with Gasteiger partial charge >= 0.3 is 0 Å². The zero-order chi connectivity index (χ0) is 12.4. The lowest BCUT2D eigenvalue weighted by Gasteiger charge is -2.12. The first kappa shape index (κ1) is 15.7. The average molecular weight is 226 g/mol. The molecule has 0 fully saturated rings. The minimum absolute atomic E-state index is 0.190. The van der Waals surface area contributed by atoms with Gasteiger partial charge in [-0.05, 0) is 31.6 Å². The lowest BCUT2D eigenvalue weighted by molar-refractivity contribution is 0.341. The molecule has 1 atom stereocenters. The molecule has 0 saturated carbocycles. The molecule has 1 N–H and O–H groups in total. The first-order valence-corrected chi connectivity index (χ1v) is 6.82. The highest BCUT2D eigenvalue weighted by Gasteiger charge is 2.03. The van der Waals surface area contributed by atoms with Crippen LogP contribution in [-0.4, -0.2) is 11.7 Å². The molecule has 1 unspecified atom stereocenters. The van der Waals surface area contributed by atoms with E-state index in [0.29, 0.717) is 0 Å². The van der Waals surface area contributed by atoms with Gasteiger partial charge in [-0.1, -0.05) is 58.1 Å². The molecule has 0 radical (unpaired) electrons. The van der Waals surface area contributed by atoms with E-state index in [2.05, 4.69) is 27.7 Å². The van der Waals surface area contributed by atoms with Crippen LogP contribution < -0.4 is 0 Å². The van der Waals surface area contributed by atoms with E-state index in [9.17, 15) is 0 Å². The molecule has 0 amide bonds. The number of hydrogen-bond donors (Lipinski definition) is 1. The third kappa shape index (κ3) is 10.2. The number of allylic oxidation sites excluding steroid dienone is 1. The summed E-state index contributed by atoms with van der Waals surface area (Å²) in [6, 6.07) is 0. The van der Waals surface area contributed by atoms with Gasteiger partial charge in [-0.15, -0.1) is 0 Å². The summed E-state index contributed by atoms with van der Waals surface area (Å²) in [5.41, 5.74) is 1.33. The van der Waals surface area contributed by atoms with E-state index in [1.54, 1.807) is 0 Å². The molecule has 1 nitrogen and oxygen atoms in total. The van der Waals surface area contributed by atoms with Crippen LogP contribution in [0, 0.1) is 11.8 Å². The van der Waals surface area contributed by atoms with Crippen LogP contribution in [0.5, 0.6) is 0 Å². The van der Waals surface area contributed by atoms with E-state index in [4.69, 9.17) is 5.11 Å². The average Bonchev–Trinajstić information content (AvgIpc) is 2.17. The molecule has 16 heavy (non-hydrogen) atoms. The van der Waals surface area contributed by atoms with Crippen molar-refractivity contribution < 1.29 is 5.11 Å². The molecule has 0 heterocycles. The first-order chi connectivity index (χ1) is 7.56. The second-order valence-electron chi connectivity index (χ2n) is 5.56. The van der Waals surface area contributed by atoms with Gasteiger partial charge in [-0.2, -0.15) is 0 Å². The summed E-state index contributed by atoms with van der Waals surface area (Å²) >= 11 is 0. The summed E-state index contributed by atoms with van der Waals surface area (Å²) in [6.07, 6.45) is 9.79. The Balaban J connectivity index is 3.43. The van der Waals surface area contributed by atoms with Gasteiger partial charge in [0.25, 0.3) is 0 Å². The Hall–Kier alpha value is -0.300. The predicted octanol–water partition coefficient (Wildman–Crippen LogP) is 4.56. The van der Waals surface area contributed by atoms with Gasteiger partial charge in [0.1, 0.15) is 0 Å². The Bertz CT molecular complexity index is 182. The van der Waals surface area contributed by atoms with E-state index in [-0.39, 0.29) is 6.61 Å². The maximum atomic E-state index is 8.74. The molecule has 0 spiro atoms. The standard InChI is InChI=1S/C15H30O/c1-13(2)7-5-8-14(3)9-6-10-15(4)11-12-16/h11,13-14,16H,5-10,12H2,1-4H3/b15-11+. The quantitative estimate of drug-likeness (QED) is 0.571. The largest absolute Gasteiger partial charge is 0.392 e. The van der Waals surface area contributed by atoms with Crippen LogP contribution in [0.15, 0.2) is 11.6 Å². The van der Waals surface area contributed by atoms with Crippen LogP contribution in [-0.2, 0) is 0 Å². The van der Waals surface area contributed by atoms with Crippen molar-refractivity contribution in [3.8, 4) is 0 Å². The highest BCUT2D eigenvalue weighted by molar-refractivity contribution is 4.97. The molecule has 0 aliphatic rings. The fourth-order valence-corrected chi connectivity index (χ4v) is 2.01. The monoisotopic (exact) mass is 226 g/mol. The van der Waals surface area contributed by atoms with Crippen LogP contribution in [0.1, 0.15) is 66.2 Å². The minimum atomic E-state index is 0.190. The van der Waals surface area contributed by atoms with Crippen LogP contribution in [0.3, 0.4) is 0 Å². The number of rotatable bonds is 9. The summed E-state index contributed by atoms with van der Waals surface area (Å²) in [5.74, 6) is 1.71. The molecule has 0 aromatic heterocycles. The number of hydrogen-bond acceptors (Lipinski definition) is 1.